The average molecular weight is 627 g/mol. The lowest BCUT2D eigenvalue weighted by Gasteiger charge is -2.49. The summed E-state index contributed by atoms with van der Waals surface area (Å²) in [6.45, 7) is 16.8. The summed E-state index contributed by atoms with van der Waals surface area (Å²) >= 11 is 0. The van der Waals surface area contributed by atoms with Gasteiger partial charge >= 0.3 is 0 Å². The molecule has 0 aliphatic carbocycles. The van der Waals surface area contributed by atoms with Crippen LogP contribution < -0.4 is 19.9 Å². The fourth-order valence-electron chi connectivity index (χ4n) is 6.96. The molecule has 2 aromatic heterocycles. The Morgan fingerprint density at radius 3 is 2.65 bits per heavy atom. The van der Waals surface area contributed by atoms with Crippen LogP contribution >= 0.6 is 0 Å². The van der Waals surface area contributed by atoms with Gasteiger partial charge in [-0.15, -0.1) is 0 Å². The fraction of sp³-hybridized carbons (Fsp3) is 0.361. The van der Waals surface area contributed by atoms with E-state index >= 15 is 4.39 Å². The molecule has 1 N–H and O–H groups in total. The number of ether oxygens (including phenoxy) is 2. The third kappa shape index (κ3) is 4.78. The van der Waals surface area contributed by atoms with Crippen molar-refractivity contribution in [3.8, 4) is 34.1 Å². The van der Waals surface area contributed by atoms with Crippen molar-refractivity contribution < 1.29 is 23.8 Å². The first-order valence-electron chi connectivity index (χ1n) is 15.6. The van der Waals surface area contributed by atoms with Gasteiger partial charge in [-0.2, -0.15) is 0 Å². The van der Waals surface area contributed by atoms with Crippen LogP contribution in [0, 0.1) is 19.7 Å². The van der Waals surface area contributed by atoms with Crippen LogP contribution in [0.25, 0.3) is 27.6 Å². The molecule has 46 heavy (non-hydrogen) atoms. The highest BCUT2D eigenvalue weighted by atomic mass is 19.1. The van der Waals surface area contributed by atoms with Crippen LogP contribution in [0.4, 0.5) is 10.1 Å². The topological polar surface area (TPSA) is 97.1 Å². The zero-order valence-corrected chi connectivity index (χ0v) is 27.1. The summed E-state index contributed by atoms with van der Waals surface area (Å²) in [6, 6.07) is 7.37. The summed E-state index contributed by atoms with van der Waals surface area (Å²) in [5.41, 5.74) is 3.32. The molecule has 2 unspecified atom stereocenters. The lowest BCUT2D eigenvalue weighted by molar-refractivity contribution is -0.129. The maximum absolute atomic E-state index is 15.4. The lowest BCUT2D eigenvalue weighted by atomic mass is 9.88. The van der Waals surface area contributed by atoms with E-state index in [9.17, 15) is 14.7 Å². The molecule has 4 heterocycles. The van der Waals surface area contributed by atoms with Gasteiger partial charge in [-0.25, -0.2) is 4.39 Å². The van der Waals surface area contributed by atoms with Gasteiger partial charge in [0.2, 0.25) is 5.91 Å². The number of piperazine rings is 1. The second-order valence-electron chi connectivity index (χ2n) is 12.3. The smallest absolute Gasteiger partial charge is 0.264 e. The summed E-state index contributed by atoms with van der Waals surface area (Å²) in [6.07, 6.45) is 3.08. The number of carbonyl (C=O) groups excluding carboxylic acids is 1. The maximum atomic E-state index is 15.4. The van der Waals surface area contributed by atoms with E-state index in [4.69, 9.17) is 14.5 Å². The average Bonchev–Trinajstić information content (AvgIpc) is 3.02. The van der Waals surface area contributed by atoms with E-state index in [1.54, 1.807) is 18.0 Å². The van der Waals surface area contributed by atoms with Crippen LogP contribution in [-0.2, 0) is 4.79 Å². The van der Waals surface area contributed by atoms with Crippen LogP contribution in [0.2, 0.25) is 0 Å². The molecule has 4 aromatic rings. The van der Waals surface area contributed by atoms with Gasteiger partial charge in [-0.1, -0.05) is 26.5 Å². The number of para-hydroxylation sites is 1. The molecule has 6 rings (SSSR count). The van der Waals surface area contributed by atoms with Gasteiger partial charge in [0, 0.05) is 47.5 Å². The Bertz CT molecular complexity index is 1930. The summed E-state index contributed by atoms with van der Waals surface area (Å²) < 4.78 is 29.6. The Morgan fingerprint density at radius 2 is 1.98 bits per heavy atom. The molecule has 2 aliphatic rings. The van der Waals surface area contributed by atoms with Crippen molar-refractivity contribution in [2.24, 2.45) is 0 Å². The van der Waals surface area contributed by atoms with Gasteiger partial charge < -0.3 is 24.4 Å². The van der Waals surface area contributed by atoms with E-state index in [1.807, 2.05) is 46.8 Å². The van der Waals surface area contributed by atoms with Crippen molar-refractivity contribution in [2.45, 2.75) is 59.5 Å². The molecule has 2 aliphatic heterocycles. The largest absolute Gasteiger partial charge is 0.506 e. The van der Waals surface area contributed by atoms with E-state index in [-0.39, 0.29) is 35.3 Å². The van der Waals surface area contributed by atoms with Crippen molar-refractivity contribution in [1.29, 1.82) is 0 Å². The summed E-state index contributed by atoms with van der Waals surface area (Å²) in [5, 5.41) is 11.7. The minimum absolute atomic E-state index is 0.000341. The molecule has 0 saturated carbocycles. The maximum Gasteiger partial charge on any atom is 0.264 e. The highest BCUT2D eigenvalue weighted by Crippen LogP contribution is 2.54. The highest BCUT2D eigenvalue weighted by Gasteiger charge is 2.41. The van der Waals surface area contributed by atoms with E-state index in [2.05, 4.69) is 11.5 Å². The van der Waals surface area contributed by atoms with Crippen LogP contribution in [0.15, 0.2) is 54.0 Å². The predicted molar refractivity (Wildman–Crippen MR) is 177 cm³/mol. The first-order chi connectivity index (χ1) is 22.0. The minimum Gasteiger partial charge on any atom is -0.506 e. The Kier molecular flexibility index (Phi) is 8.00. The molecule has 0 radical (unpaired) electrons. The second kappa shape index (κ2) is 11.8. The van der Waals surface area contributed by atoms with E-state index in [0.29, 0.717) is 65.5 Å². The monoisotopic (exact) mass is 626 g/mol. The van der Waals surface area contributed by atoms with E-state index < -0.39 is 11.4 Å². The quantitative estimate of drug-likeness (QED) is 0.262. The molecule has 2 atom stereocenters. The molecular weight excluding hydrogens is 587 g/mol. The van der Waals surface area contributed by atoms with Gasteiger partial charge in [-0.3, -0.25) is 19.1 Å². The molecule has 1 amide bonds. The van der Waals surface area contributed by atoms with E-state index in [1.165, 1.54) is 28.8 Å². The van der Waals surface area contributed by atoms with Gasteiger partial charge in [0.15, 0.2) is 17.3 Å². The molecular formula is C36H39FN4O5. The first kappa shape index (κ1) is 31.1. The number of aryl methyl sites for hydroxylation is 2. The Morgan fingerprint density at radius 1 is 1.22 bits per heavy atom. The molecule has 0 spiro atoms. The molecule has 10 heteroatoms. The van der Waals surface area contributed by atoms with Crippen molar-refractivity contribution in [3.05, 3.63) is 82.3 Å². The molecule has 9 nitrogen and oxygen atoms in total. The molecule has 0 bridgehead atoms. The number of nitrogens with zero attached hydrogens (tertiary/aromatic N) is 4. The summed E-state index contributed by atoms with van der Waals surface area (Å²) in [4.78, 5) is 36.4. The number of phenols is 1. The highest BCUT2D eigenvalue weighted by molar-refractivity contribution is 6.10. The lowest BCUT2D eigenvalue weighted by Crippen LogP contribution is -2.61. The summed E-state index contributed by atoms with van der Waals surface area (Å²) in [7, 11) is 0. The normalized spacial score (nSPS) is 17.5. The van der Waals surface area contributed by atoms with Crippen LogP contribution in [0.3, 0.4) is 0 Å². The number of phenolic OH excluding ortho intramolecular Hbond substituents is 1. The minimum atomic E-state index is -0.727. The third-order valence-electron chi connectivity index (χ3n) is 9.02. The number of carbonyl (C=O) groups is 1. The number of benzene rings is 2. The molecule has 1 saturated heterocycles. The zero-order chi connectivity index (χ0) is 33.0. The van der Waals surface area contributed by atoms with Gasteiger partial charge in [0.05, 0.1) is 29.4 Å². The Hall–Kier alpha value is -4.86. The number of rotatable bonds is 6. The number of halogens is 1. The number of hydrogen-bond acceptors (Lipinski definition) is 7. The van der Waals surface area contributed by atoms with Gasteiger partial charge in [0.25, 0.3) is 5.56 Å². The zero-order valence-electron chi connectivity index (χ0n) is 27.1. The van der Waals surface area contributed by atoms with Gasteiger partial charge in [-0.05, 0) is 69.5 Å². The number of anilines is 1. The number of aromatic hydroxyl groups is 1. The number of fused-ring (bicyclic) bond motifs is 5. The van der Waals surface area contributed by atoms with Crippen molar-refractivity contribution in [1.82, 2.24) is 14.5 Å². The first-order valence-corrected chi connectivity index (χ1v) is 15.6. The molecule has 2 aromatic carbocycles. The number of pyridine rings is 2. The van der Waals surface area contributed by atoms with Crippen molar-refractivity contribution >= 4 is 22.4 Å². The molecule has 240 valence electrons. The Balaban J connectivity index is 1.78. The van der Waals surface area contributed by atoms with Crippen LogP contribution in [-0.4, -0.2) is 63.9 Å². The second-order valence-corrected chi connectivity index (χ2v) is 12.3. The fourth-order valence-corrected chi connectivity index (χ4v) is 6.96. The third-order valence-corrected chi connectivity index (χ3v) is 9.02. The number of aromatic nitrogens is 2. The number of amides is 1. The van der Waals surface area contributed by atoms with Gasteiger partial charge in [0.1, 0.15) is 18.0 Å². The Labute approximate surface area is 267 Å². The SMILES string of the molecule is C=CC(=O)N1CC2COc3c(OCC)c(-c4c(C)ccnc4C(C)C)c4c(=O)n(-c5c(O)cccc5F)c(C)cc4c3N2CC1C. The molecule has 1 fully saturated rings. The summed E-state index contributed by atoms with van der Waals surface area (Å²) in [5.74, 6) is -0.307. The predicted octanol–water partition coefficient (Wildman–Crippen LogP) is 6.02. The standard InChI is InChI=1S/C36H39FN4O5/c1-8-27(43)39-17-23-18-46-35-32(40(23)16-22(39)7)24-15-21(6)41(33-25(37)11-10-12-26(33)42)36(44)29(24)30(34(35)45-9-2)28-20(5)13-14-38-31(28)19(3)4/h8,10-15,19,22-23,42H,1,9,16-18H2,2-7H3. The van der Waals surface area contributed by atoms with Crippen molar-refractivity contribution in [3.63, 3.8) is 0 Å². The number of hydrogen-bond donors (Lipinski definition) is 1. The van der Waals surface area contributed by atoms with Crippen LogP contribution in [0.1, 0.15) is 50.6 Å². The van der Waals surface area contributed by atoms with Crippen molar-refractivity contribution in [2.75, 3.05) is 31.2 Å². The van der Waals surface area contributed by atoms with Crippen LogP contribution in [0.5, 0.6) is 17.2 Å². The van der Waals surface area contributed by atoms with E-state index in [0.717, 1.165) is 16.8 Å².